The van der Waals surface area contributed by atoms with E-state index in [1.165, 1.54) is 0 Å². The van der Waals surface area contributed by atoms with Gasteiger partial charge in [-0.1, -0.05) is 48.5 Å². The Bertz CT molecular complexity index is 808. The molecule has 2 aromatic rings. The van der Waals surface area contributed by atoms with E-state index in [1.807, 2.05) is 6.07 Å². The van der Waals surface area contributed by atoms with Crippen molar-refractivity contribution >= 4 is 17.7 Å². The van der Waals surface area contributed by atoms with Gasteiger partial charge in [0, 0.05) is 17.2 Å². The molecule has 0 heterocycles. The number of carbonyl (C=O) groups is 3. The first-order chi connectivity index (χ1) is 12.6. The number of hydrogen-bond acceptors (Lipinski definition) is 3. The normalized spacial score (nSPS) is 19.5. The largest absolute Gasteiger partial charge is 0.481 e. The van der Waals surface area contributed by atoms with Crippen LogP contribution in [0.2, 0.25) is 0 Å². The zero-order valence-electron chi connectivity index (χ0n) is 14.4. The standard InChI is InChI=1S/C21H21NO4/c23-19(14-6-2-1-3-7-14)17-8-4-5-9-18(17)20(24)22-16-12-10-15(11-13-16)21(25)26/h1-9,15-16H,10-13H2,(H,22,24)(H,25,26). The Balaban J connectivity index is 1.73. The molecule has 5 heteroatoms. The molecule has 1 saturated carbocycles. The van der Waals surface area contributed by atoms with Gasteiger partial charge < -0.3 is 10.4 Å². The molecular formula is C21H21NO4. The number of carboxylic acids is 1. The van der Waals surface area contributed by atoms with E-state index in [0.717, 1.165) is 0 Å². The molecule has 0 radical (unpaired) electrons. The van der Waals surface area contributed by atoms with Gasteiger partial charge in [-0.3, -0.25) is 14.4 Å². The monoisotopic (exact) mass is 351 g/mol. The van der Waals surface area contributed by atoms with Crippen LogP contribution < -0.4 is 5.32 Å². The first kappa shape index (κ1) is 17.9. The van der Waals surface area contributed by atoms with Crippen molar-refractivity contribution in [2.75, 3.05) is 0 Å². The first-order valence-corrected chi connectivity index (χ1v) is 8.78. The van der Waals surface area contributed by atoms with Crippen LogP contribution in [0, 0.1) is 5.92 Å². The molecule has 5 nitrogen and oxygen atoms in total. The predicted octanol–water partition coefficient (Wildman–Crippen LogP) is 3.29. The highest BCUT2D eigenvalue weighted by Gasteiger charge is 2.27. The van der Waals surface area contributed by atoms with Crippen molar-refractivity contribution in [3.63, 3.8) is 0 Å². The van der Waals surface area contributed by atoms with Crippen LogP contribution in [0.4, 0.5) is 0 Å². The molecule has 2 N–H and O–H groups in total. The number of rotatable bonds is 5. The van der Waals surface area contributed by atoms with Crippen LogP contribution in [-0.2, 0) is 4.79 Å². The molecule has 0 atom stereocenters. The van der Waals surface area contributed by atoms with Gasteiger partial charge >= 0.3 is 5.97 Å². The summed E-state index contributed by atoms with van der Waals surface area (Å²) in [5.74, 6) is -1.57. The third-order valence-electron chi connectivity index (χ3n) is 4.86. The molecule has 2 aromatic carbocycles. The zero-order valence-corrected chi connectivity index (χ0v) is 14.4. The number of hydrogen-bond donors (Lipinski definition) is 2. The van der Waals surface area contributed by atoms with E-state index in [2.05, 4.69) is 5.32 Å². The fourth-order valence-corrected chi connectivity index (χ4v) is 3.37. The summed E-state index contributed by atoms with van der Waals surface area (Å²) in [5.41, 5.74) is 1.26. The van der Waals surface area contributed by atoms with E-state index in [4.69, 9.17) is 5.11 Å². The summed E-state index contributed by atoms with van der Waals surface area (Å²) in [7, 11) is 0. The fraction of sp³-hybridized carbons (Fsp3) is 0.286. The van der Waals surface area contributed by atoms with E-state index in [9.17, 15) is 14.4 Å². The molecule has 1 amide bonds. The van der Waals surface area contributed by atoms with Crippen LogP contribution in [-0.4, -0.2) is 28.8 Å². The van der Waals surface area contributed by atoms with E-state index >= 15 is 0 Å². The Kier molecular flexibility index (Phi) is 5.46. The molecule has 0 spiro atoms. The van der Waals surface area contributed by atoms with Crippen molar-refractivity contribution in [1.29, 1.82) is 0 Å². The van der Waals surface area contributed by atoms with Gasteiger partial charge in [0.2, 0.25) is 0 Å². The van der Waals surface area contributed by atoms with E-state index < -0.39 is 5.97 Å². The molecule has 0 unspecified atom stereocenters. The number of amides is 1. The third kappa shape index (κ3) is 3.99. The van der Waals surface area contributed by atoms with Crippen molar-refractivity contribution in [2.45, 2.75) is 31.7 Å². The maximum absolute atomic E-state index is 12.7. The molecule has 0 bridgehead atoms. The van der Waals surface area contributed by atoms with Crippen molar-refractivity contribution in [3.05, 3.63) is 71.3 Å². The minimum absolute atomic E-state index is 0.0574. The molecular weight excluding hydrogens is 330 g/mol. The highest BCUT2D eigenvalue weighted by atomic mass is 16.4. The van der Waals surface area contributed by atoms with Gasteiger partial charge in [-0.15, -0.1) is 0 Å². The van der Waals surface area contributed by atoms with Gasteiger partial charge in [-0.25, -0.2) is 0 Å². The Labute approximate surface area is 152 Å². The third-order valence-corrected chi connectivity index (χ3v) is 4.86. The summed E-state index contributed by atoms with van der Waals surface area (Å²) in [5, 5.41) is 12.0. The van der Waals surface area contributed by atoms with Crippen LogP contribution in [0.3, 0.4) is 0 Å². The summed E-state index contributed by atoms with van der Waals surface area (Å²) in [4.78, 5) is 36.5. The second kappa shape index (κ2) is 7.95. The number of aliphatic carboxylic acids is 1. The Hall–Kier alpha value is -2.95. The number of carbonyl (C=O) groups excluding carboxylic acids is 2. The average molecular weight is 351 g/mol. The van der Waals surface area contributed by atoms with Crippen LogP contribution in [0.5, 0.6) is 0 Å². The topological polar surface area (TPSA) is 83.5 Å². The number of ketones is 1. The number of carboxylic acid groups (broad SMARTS) is 1. The van der Waals surface area contributed by atoms with Gasteiger partial charge in [0.15, 0.2) is 5.78 Å². The van der Waals surface area contributed by atoms with Crippen molar-refractivity contribution < 1.29 is 19.5 Å². The van der Waals surface area contributed by atoms with E-state index in [0.29, 0.717) is 42.4 Å². The lowest BCUT2D eigenvalue weighted by Gasteiger charge is -2.27. The summed E-state index contributed by atoms with van der Waals surface area (Å²) in [6, 6.07) is 15.6. The second-order valence-corrected chi connectivity index (χ2v) is 6.60. The molecule has 0 aliphatic heterocycles. The van der Waals surface area contributed by atoms with E-state index in [-0.39, 0.29) is 23.7 Å². The van der Waals surface area contributed by atoms with Gasteiger partial charge in [0.25, 0.3) is 5.91 Å². The Morgan fingerprint density at radius 2 is 1.38 bits per heavy atom. The van der Waals surface area contributed by atoms with Gasteiger partial charge in [-0.2, -0.15) is 0 Å². The smallest absolute Gasteiger partial charge is 0.306 e. The van der Waals surface area contributed by atoms with Gasteiger partial charge in [-0.05, 0) is 31.7 Å². The second-order valence-electron chi connectivity index (χ2n) is 6.60. The lowest BCUT2D eigenvalue weighted by molar-refractivity contribution is -0.142. The van der Waals surface area contributed by atoms with Crippen molar-refractivity contribution in [2.24, 2.45) is 5.92 Å². The molecule has 1 aliphatic rings. The highest BCUT2D eigenvalue weighted by molar-refractivity contribution is 6.15. The van der Waals surface area contributed by atoms with Gasteiger partial charge in [0.05, 0.1) is 11.5 Å². The Morgan fingerprint density at radius 1 is 0.808 bits per heavy atom. The molecule has 1 fully saturated rings. The lowest BCUT2D eigenvalue weighted by Crippen LogP contribution is -2.39. The Morgan fingerprint density at radius 3 is 2.00 bits per heavy atom. The lowest BCUT2D eigenvalue weighted by atomic mass is 9.86. The number of nitrogens with one attached hydrogen (secondary N) is 1. The van der Waals surface area contributed by atoms with Crippen LogP contribution in [0.15, 0.2) is 54.6 Å². The predicted molar refractivity (Wildman–Crippen MR) is 97.2 cm³/mol. The number of benzene rings is 2. The maximum atomic E-state index is 12.7. The van der Waals surface area contributed by atoms with Crippen LogP contribution in [0.25, 0.3) is 0 Å². The molecule has 0 saturated heterocycles. The minimum atomic E-state index is -0.770. The van der Waals surface area contributed by atoms with Gasteiger partial charge in [0.1, 0.15) is 0 Å². The summed E-state index contributed by atoms with van der Waals surface area (Å²) >= 11 is 0. The van der Waals surface area contributed by atoms with E-state index in [1.54, 1.807) is 48.5 Å². The highest BCUT2D eigenvalue weighted by Crippen LogP contribution is 2.25. The average Bonchev–Trinajstić information content (AvgIpc) is 2.68. The van der Waals surface area contributed by atoms with Crippen molar-refractivity contribution in [3.8, 4) is 0 Å². The molecule has 1 aliphatic carbocycles. The molecule has 26 heavy (non-hydrogen) atoms. The molecule has 134 valence electrons. The maximum Gasteiger partial charge on any atom is 0.306 e. The zero-order chi connectivity index (χ0) is 18.5. The first-order valence-electron chi connectivity index (χ1n) is 8.78. The quantitative estimate of drug-likeness (QED) is 0.810. The van der Waals surface area contributed by atoms with Crippen molar-refractivity contribution in [1.82, 2.24) is 5.32 Å². The fourth-order valence-electron chi connectivity index (χ4n) is 3.37. The summed E-state index contributed by atoms with van der Waals surface area (Å²) in [6.45, 7) is 0. The van der Waals surface area contributed by atoms with Crippen LogP contribution >= 0.6 is 0 Å². The summed E-state index contributed by atoms with van der Waals surface area (Å²) in [6.07, 6.45) is 2.39. The van der Waals surface area contributed by atoms with Crippen LogP contribution in [0.1, 0.15) is 52.0 Å². The summed E-state index contributed by atoms with van der Waals surface area (Å²) < 4.78 is 0. The SMILES string of the molecule is O=C(NC1CCC(C(=O)O)CC1)c1ccccc1C(=O)c1ccccc1. The minimum Gasteiger partial charge on any atom is -0.481 e. The molecule has 0 aromatic heterocycles. The molecule has 3 rings (SSSR count).